The van der Waals surface area contributed by atoms with E-state index in [2.05, 4.69) is 0 Å². The van der Waals surface area contributed by atoms with Gasteiger partial charge in [-0.25, -0.2) is 4.39 Å². The third-order valence-electron chi connectivity index (χ3n) is 1.86. The van der Waals surface area contributed by atoms with E-state index in [1.165, 1.54) is 19.1 Å². The van der Waals surface area contributed by atoms with Crippen LogP contribution in [0.25, 0.3) is 0 Å². The Balaban J connectivity index is 2.82. The summed E-state index contributed by atoms with van der Waals surface area (Å²) in [5.74, 6) is -0.503. The highest BCUT2D eigenvalue weighted by Gasteiger charge is 2.09. The Morgan fingerprint density at radius 3 is 2.80 bits per heavy atom. The van der Waals surface area contributed by atoms with Crippen molar-refractivity contribution in [3.8, 4) is 5.75 Å². The normalized spacial score (nSPS) is 10.1. The highest BCUT2D eigenvalue weighted by atomic mass is 19.1. The quantitative estimate of drug-likeness (QED) is 0.556. The van der Waals surface area contributed by atoms with Gasteiger partial charge in [0.1, 0.15) is 11.6 Å². The average Bonchev–Trinajstić information content (AvgIpc) is 2.18. The molecule has 0 heterocycles. The molecule has 0 amide bonds. The number of hydrogen-bond acceptors (Lipinski definition) is 2. The van der Waals surface area contributed by atoms with Crippen LogP contribution in [-0.2, 0) is 0 Å². The van der Waals surface area contributed by atoms with Crippen LogP contribution in [0.2, 0.25) is 0 Å². The van der Waals surface area contributed by atoms with Crippen LogP contribution in [0.5, 0.6) is 5.75 Å². The molecule has 0 aliphatic carbocycles. The molecule has 0 fully saturated rings. The van der Waals surface area contributed by atoms with Crippen LogP contribution in [0.1, 0.15) is 23.7 Å². The van der Waals surface area contributed by atoms with Crippen molar-refractivity contribution in [1.82, 2.24) is 0 Å². The highest BCUT2D eigenvalue weighted by molar-refractivity contribution is 5.96. The standard InChI is InChI=1S/C11H12F2O2/c1-8(14)10-4-3-9(13)7-11(10)15-6-2-5-12/h3-4,7H,2,5-6H2,1H3. The molecule has 0 aromatic heterocycles. The van der Waals surface area contributed by atoms with Gasteiger partial charge in [0, 0.05) is 12.5 Å². The Morgan fingerprint density at radius 2 is 2.20 bits per heavy atom. The number of carbonyl (C=O) groups is 1. The zero-order valence-electron chi connectivity index (χ0n) is 8.43. The maximum absolute atomic E-state index is 12.9. The molecule has 0 atom stereocenters. The lowest BCUT2D eigenvalue weighted by Gasteiger charge is -2.08. The van der Waals surface area contributed by atoms with Crippen molar-refractivity contribution in [3.05, 3.63) is 29.6 Å². The van der Waals surface area contributed by atoms with Gasteiger partial charge in [0.05, 0.1) is 18.8 Å². The summed E-state index contributed by atoms with van der Waals surface area (Å²) in [7, 11) is 0. The monoisotopic (exact) mass is 214 g/mol. The maximum Gasteiger partial charge on any atom is 0.163 e. The molecule has 15 heavy (non-hydrogen) atoms. The maximum atomic E-state index is 12.9. The first kappa shape index (κ1) is 11.6. The number of ketones is 1. The molecule has 1 rings (SSSR count). The van der Waals surface area contributed by atoms with Crippen molar-refractivity contribution in [2.45, 2.75) is 13.3 Å². The van der Waals surface area contributed by atoms with Crippen LogP contribution in [0.3, 0.4) is 0 Å². The first-order valence-electron chi connectivity index (χ1n) is 4.64. The van der Waals surface area contributed by atoms with Crippen LogP contribution < -0.4 is 4.74 Å². The topological polar surface area (TPSA) is 26.3 Å². The summed E-state index contributed by atoms with van der Waals surface area (Å²) >= 11 is 0. The zero-order valence-corrected chi connectivity index (χ0v) is 8.43. The summed E-state index contributed by atoms with van der Waals surface area (Å²) in [6.07, 6.45) is 0.230. The van der Waals surface area contributed by atoms with E-state index in [9.17, 15) is 13.6 Å². The fourth-order valence-corrected chi connectivity index (χ4v) is 1.14. The van der Waals surface area contributed by atoms with Gasteiger partial charge in [-0.3, -0.25) is 9.18 Å². The van der Waals surface area contributed by atoms with Crippen LogP contribution in [0.15, 0.2) is 18.2 Å². The van der Waals surface area contributed by atoms with Gasteiger partial charge in [0.25, 0.3) is 0 Å². The summed E-state index contributed by atoms with van der Waals surface area (Å²) in [6.45, 7) is 1.01. The van der Waals surface area contributed by atoms with E-state index < -0.39 is 12.5 Å². The highest BCUT2D eigenvalue weighted by Crippen LogP contribution is 2.20. The third kappa shape index (κ3) is 3.31. The molecule has 0 aliphatic rings. The van der Waals surface area contributed by atoms with Gasteiger partial charge in [0.15, 0.2) is 5.78 Å². The summed E-state index contributed by atoms with van der Waals surface area (Å²) in [4.78, 5) is 11.1. The minimum atomic E-state index is -0.495. The average molecular weight is 214 g/mol. The van der Waals surface area contributed by atoms with E-state index in [-0.39, 0.29) is 24.6 Å². The molecule has 2 nitrogen and oxygen atoms in total. The third-order valence-corrected chi connectivity index (χ3v) is 1.86. The molecule has 82 valence electrons. The van der Waals surface area contributed by atoms with E-state index in [0.717, 1.165) is 6.07 Å². The van der Waals surface area contributed by atoms with Gasteiger partial charge < -0.3 is 4.74 Å². The first-order valence-corrected chi connectivity index (χ1v) is 4.64. The molecule has 0 bridgehead atoms. The molecular weight excluding hydrogens is 202 g/mol. The first-order chi connectivity index (χ1) is 7.15. The number of Topliss-reactive ketones (excluding diaryl/α,β-unsaturated/α-hetero) is 1. The zero-order chi connectivity index (χ0) is 11.3. The summed E-state index contributed by atoms with van der Waals surface area (Å²) in [5.41, 5.74) is 0.315. The Labute approximate surface area is 86.9 Å². The lowest BCUT2D eigenvalue weighted by atomic mass is 10.1. The van der Waals surface area contributed by atoms with Crippen molar-refractivity contribution >= 4 is 5.78 Å². The molecular formula is C11H12F2O2. The van der Waals surface area contributed by atoms with Gasteiger partial charge in [-0.2, -0.15) is 0 Å². The number of benzene rings is 1. The van der Waals surface area contributed by atoms with Gasteiger partial charge >= 0.3 is 0 Å². The molecule has 0 N–H and O–H groups in total. The molecule has 1 aromatic rings. The van der Waals surface area contributed by atoms with Crippen molar-refractivity contribution in [3.63, 3.8) is 0 Å². The van der Waals surface area contributed by atoms with E-state index in [1.807, 2.05) is 0 Å². The second-order valence-corrected chi connectivity index (χ2v) is 3.09. The largest absolute Gasteiger partial charge is 0.493 e. The number of rotatable bonds is 5. The number of alkyl halides is 1. The van der Waals surface area contributed by atoms with Crippen molar-refractivity contribution in [2.75, 3.05) is 13.3 Å². The molecule has 4 heteroatoms. The Kier molecular flexibility index (Phi) is 4.21. The minimum absolute atomic E-state index is 0.139. The SMILES string of the molecule is CC(=O)c1ccc(F)cc1OCCCF. The van der Waals surface area contributed by atoms with Crippen molar-refractivity contribution in [2.24, 2.45) is 0 Å². The second-order valence-electron chi connectivity index (χ2n) is 3.09. The van der Waals surface area contributed by atoms with Crippen LogP contribution >= 0.6 is 0 Å². The number of hydrogen-bond donors (Lipinski definition) is 0. The van der Waals surface area contributed by atoms with E-state index in [0.29, 0.717) is 5.56 Å². The summed E-state index contributed by atoms with van der Waals surface area (Å²) in [6, 6.07) is 3.69. The van der Waals surface area contributed by atoms with E-state index >= 15 is 0 Å². The Bertz CT molecular complexity index is 350. The molecule has 0 saturated heterocycles. The Morgan fingerprint density at radius 1 is 1.47 bits per heavy atom. The molecule has 0 spiro atoms. The smallest absolute Gasteiger partial charge is 0.163 e. The van der Waals surface area contributed by atoms with Crippen LogP contribution in [-0.4, -0.2) is 19.1 Å². The van der Waals surface area contributed by atoms with Crippen LogP contribution in [0, 0.1) is 5.82 Å². The lowest BCUT2D eigenvalue weighted by Crippen LogP contribution is -2.03. The fourth-order valence-electron chi connectivity index (χ4n) is 1.14. The number of carbonyl (C=O) groups excluding carboxylic acids is 1. The van der Waals surface area contributed by atoms with Crippen molar-refractivity contribution < 1.29 is 18.3 Å². The van der Waals surface area contributed by atoms with E-state index in [4.69, 9.17) is 4.74 Å². The predicted octanol–water partition coefficient (Wildman–Crippen LogP) is 2.77. The molecule has 0 aliphatic heterocycles. The van der Waals surface area contributed by atoms with Crippen LogP contribution in [0.4, 0.5) is 8.78 Å². The van der Waals surface area contributed by atoms with Gasteiger partial charge in [-0.05, 0) is 19.1 Å². The van der Waals surface area contributed by atoms with Gasteiger partial charge in [-0.1, -0.05) is 0 Å². The van der Waals surface area contributed by atoms with Crippen molar-refractivity contribution in [1.29, 1.82) is 0 Å². The molecule has 0 unspecified atom stereocenters. The van der Waals surface area contributed by atoms with Gasteiger partial charge in [-0.15, -0.1) is 0 Å². The molecule has 0 radical (unpaired) electrons. The fraction of sp³-hybridized carbons (Fsp3) is 0.364. The molecule has 0 saturated carbocycles. The summed E-state index contributed by atoms with van der Waals surface area (Å²) in [5, 5.41) is 0. The number of ether oxygens (including phenoxy) is 1. The molecule has 1 aromatic carbocycles. The second kappa shape index (κ2) is 5.44. The lowest BCUT2D eigenvalue weighted by molar-refractivity contribution is 0.101. The van der Waals surface area contributed by atoms with Gasteiger partial charge in [0.2, 0.25) is 0 Å². The minimum Gasteiger partial charge on any atom is -0.493 e. The summed E-state index contributed by atoms with van der Waals surface area (Å²) < 4.78 is 29.8. The van der Waals surface area contributed by atoms with E-state index in [1.54, 1.807) is 0 Å². The Hall–Kier alpha value is -1.45. The number of halogens is 2. The predicted molar refractivity (Wildman–Crippen MR) is 52.5 cm³/mol.